The van der Waals surface area contributed by atoms with Crippen molar-refractivity contribution in [2.75, 3.05) is 18.4 Å². The van der Waals surface area contributed by atoms with Gasteiger partial charge in [-0.3, -0.25) is 4.68 Å². The van der Waals surface area contributed by atoms with Gasteiger partial charge in [-0.05, 0) is 54.4 Å². The fraction of sp³-hybridized carbons (Fsp3) is 0.222. The summed E-state index contributed by atoms with van der Waals surface area (Å²) in [6, 6.07) is 14.4. The maximum Gasteiger partial charge on any atom is 0.237 e. The van der Waals surface area contributed by atoms with Crippen LogP contribution in [-0.2, 0) is 13.5 Å². The molecule has 3 heterocycles. The van der Waals surface area contributed by atoms with Crippen molar-refractivity contribution >= 4 is 5.69 Å². The number of hydrogen-bond donors (Lipinski definition) is 2. The molecule has 1 aliphatic rings. The van der Waals surface area contributed by atoms with Crippen LogP contribution < -0.4 is 15.4 Å². The van der Waals surface area contributed by atoms with Crippen LogP contribution >= 0.6 is 0 Å². The summed E-state index contributed by atoms with van der Waals surface area (Å²) in [7, 11) is 1.85. The molecule has 36 heavy (non-hydrogen) atoms. The summed E-state index contributed by atoms with van der Waals surface area (Å²) in [6.45, 7) is 0.951. The van der Waals surface area contributed by atoms with Crippen molar-refractivity contribution in [3.05, 3.63) is 95.4 Å². The average Bonchev–Trinajstić information content (AvgIpc) is 3.32. The molecule has 0 spiro atoms. The molecule has 0 amide bonds. The van der Waals surface area contributed by atoms with E-state index in [1.54, 1.807) is 29.2 Å². The Morgan fingerprint density at radius 2 is 1.92 bits per heavy atom. The van der Waals surface area contributed by atoms with Gasteiger partial charge in [0.1, 0.15) is 17.7 Å². The van der Waals surface area contributed by atoms with Crippen molar-refractivity contribution in [2.45, 2.75) is 18.6 Å². The molecule has 0 aliphatic carbocycles. The Bertz CT molecular complexity index is 1390. The van der Waals surface area contributed by atoms with Crippen molar-refractivity contribution in [3.63, 3.8) is 0 Å². The molecular formula is C27H24F2N6O. The van der Waals surface area contributed by atoms with E-state index < -0.39 is 23.8 Å². The number of pyridine rings is 1. The van der Waals surface area contributed by atoms with Crippen molar-refractivity contribution < 1.29 is 13.5 Å². The van der Waals surface area contributed by atoms with E-state index in [4.69, 9.17) is 10.00 Å². The van der Waals surface area contributed by atoms with Gasteiger partial charge in [0, 0.05) is 36.6 Å². The van der Waals surface area contributed by atoms with E-state index in [1.807, 2.05) is 31.4 Å². The van der Waals surface area contributed by atoms with Gasteiger partial charge in [0.2, 0.25) is 5.88 Å². The Hall–Kier alpha value is -4.29. The van der Waals surface area contributed by atoms with Crippen LogP contribution in [0, 0.1) is 23.0 Å². The summed E-state index contributed by atoms with van der Waals surface area (Å²) in [6.07, 6.45) is 5.60. The van der Waals surface area contributed by atoms with Gasteiger partial charge in [0.15, 0.2) is 0 Å². The maximum absolute atomic E-state index is 14.1. The van der Waals surface area contributed by atoms with E-state index >= 15 is 0 Å². The summed E-state index contributed by atoms with van der Waals surface area (Å²) >= 11 is 0. The summed E-state index contributed by atoms with van der Waals surface area (Å²) in [5.41, 5.74) is 4.68. The van der Waals surface area contributed by atoms with E-state index in [0.29, 0.717) is 36.5 Å². The van der Waals surface area contributed by atoms with Gasteiger partial charge >= 0.3 is 0 Å². The van der Waals surface area contributed by atoms with E-state index in [0.717, 1.165) is 28.4 Å². The highest BCUT2D eigenvalue weighted by Gasteiger charge is 2.30. The van der Waals surface area contributed by atoms with Crippen molar-refractivity contribution in [1.29, 1.82) is 5.26 Å². The predicted octanol–water partition coefficient (Wildman–Crippen LogP) is 4.38. The molecule has 182 valence electrons. The fourth-order valence-electron chi connectivity index (χ4n) is 4.32. The van der Waals surface area contributed by atoms with Crippen LogP contribution in [-0.4, -0.2) is 34.0 Å². The van der Waals surface area contributed by atoms with Gasteiger partial charge in [0.05, 0.1) is 36.1 Å². The van der Waals surface area contributed by atoms with Crippen molar-refractivity contribution in [3.8, 4) is 23.1 Å². The minimum atomic E-state index is -0.646. The largest absolute Gasteiger partial charge is 0.469 e. The summed E-state index contributed by atoms with van der Waals surface area (Å²) < 4.78 is 36.1. The number of aryl methyl sites for hydroxylation is 1. The third-order valence-electron chi connectivity index (χ3n) is 6.12. The van der Waals surface area contributed by atoms with Crippen LogP contribution in [0.1, 0.15) is 22.7 Å². The zero-order valence-electron chi connectivity index (χ0n) is 19.6. The SMILES string of the molecule is Cn1cc(-c2cnc3c(c2)NC[C@H]([C@@H](NCCc2ccc(C#N)cc2)c2cc(F)cc(F)c2)O3)cn1. The van der Waals surface area contributed by atoms with Crippen molar-refractivity contribution in [1.82, 2.24) is 20.1 Å². The first-order valence-electron chi connectivity index (χ1n) is 11.6. The Balaban J connectivity index is 1.35. The minimum absolute atomic E-state index is 0.415. The van der Waals surface area contributed by atoms with Crippen LogP contribution in [0.5, 0.6) is 5.88 Å². The van der Waals surface area contributed by atoms with Gasteiger partial charge in [-0.15, -0.1) is 0 Å². The second kappa shape index (κ2) is 10.1. The highest BCUT2D eigenvalue weighted by Crippen LogP contribution is 2.34. The lowest BCUT2D eigenvalue weighted by atomic mass is 9.99. The van der Waals surface area contributed by atoms with Gasteiger partial charge < -0.3 is 15.4 Å². The molecule has 0 saturated heterocycles. The van der Waals surface area contributed by atoms with Crippen LogP contribution in [0.3, 0.4) is 0 Å². The summed E-state index contributed by atoms with van der Waals surface area (Å²) in [4.78, 5) is 4.49. The number of benzene rings is 2. The predicted molar refractivity (Wildman–Crippen MR) is 131 cm³/mol. The van der Waals surface area contributed by atoms with Crippen LogP contribution in [0.15, 0.2) is 67.1 Å². The molecule has 5 rings (SSSR count). The molecule has 7 nitrogen and oxygen atoms in total. The lowest BCUT2D eigenvalue weighted by Crippen LogP contribution is -2.43. The topological polar surface area (TPSA) is 87.8 Å². The number of halogens is 2. The van der Waals surface area contributed by atoms with Crippen molar-refractivity contribution in [2.24, 2.45) is 7.05 Å². The van der Waals surface area contributed by atoms with Gasteiger partial charge in [-0.25, -0.2) is 13.8 Å². The van der Waals surface area contributed by atoms with Gasteiger partial charge in [-0.2, -0.15) is 10.4 Å². The van der Waals surface area contributed by atoms with E-state index in [1.165, 1.54) is 12.1 Å². The Kier molecular flexibility index (Phi) is 6.60. The Morgan fingerprint density at radius 1 is 1.14 bits per heavy atom. The third kappa shape index (κ3) is 5.19. The van der Waals surface area contributed by atoms with Gasteiger partial charge in [0.25, 0.3) is 0 Å². The Labute approximate surface area is 207 Å². The highest BCUT2D eigenvalue weighted by atomic mass is 19.1. The zero-order chi connectivity index (χ0) is 25.1. The molecule has 0 unspecified atom stereocenters. The number of hydrogen-bond acceptors (Lipinski definition) is 6. The Morgan fingerprint density at radius 3 is 2.61 bits per heavy atom. The first-order chi connectivity index (χ1) is 17.5. The molecule has 0 saturated carbocycles. The normalized spacial score (nSPS) is 15.3. The van der Waals surface area contributed by atoms with E-state index in [9.17, 15) is 8.78 Å². The number of nitrogens with one attached hydrogen (secondary N) is 2. The molecular weight excluding hydrogens is 462 g/mol. The molecule has 2 atom stereocenters. The molecule has 0 bridgehead atoms. The van der Waals surface area contributed by atoms with Crippen LogP contribution in [0.4, 0.5) is 14.5 Å². The number of anilines is 1. The standard InChI is InChI=1S/C27H24F2N6O/c1-35-16-21(14-34-35)20-10-24-27(33-13-20)36-25(15-32-24)26(19-8-22(28)11-23(29)9-19)31-7-6-17-2-4-18(12-30)5-3-17/h2-5,8-11,13-14,16,25-26,31-32H,6-7,15H2,1H3/t25-,26+/m1/s1. The number of rotatable bonds is 7. The molecule has 1 aliphatic heterocycles. The number of ether oxygens (including phenoxy) is 1. The second-order valence-electron chi connectivity index (χ2n) is 8.71. The van der Waals surface area contributed by atoms with E-state index in [-0.39, 0.29) is 0 Å². The van der Waals surface area contributed by atoms with Gasteiger partial charge in [-0.1, -0.05) is 12.1 Å². The van der Waals surface area contributed by atoms with Crippen LogP contribution in [0.25, 0.3) is 11.1 Å². The molecule has 9 heteroatoms. The average molecular weight is 487 g/mol. The lowest BCUT2D eigenvalue weighted by Gasteiger charge is -2.33. The zero-order valence-corrected chi connectivity index (χ0v) is 19.6. The maximum atomic E-state index is 14.1. The third-order valence-corrected chi connectivity index (χ3v) is 6.12. The molecule has 0 radical (unpaired) electrons. The quantitative estimate of drug-likeness (QED) is 0.403. The second-order valence-corrected chi connectivity index (χ2v) is 8.71. The minimum Gasteiger partial charge on any atom is -0.469 e. The number of nitriles is 1. The smallest absolute Gasteiger partial charge is 0.237 e. The lowest BCUT2D eigenvalue weighted by molar-refractivity contribution is 0.150. The molecule has 0 fully saturated rings. The highest BCUT2D eigenvalue weighted by molar-refractivity contribution is 5.69. The number of nitrogens with zero attached hydrogens (tertiary/aromatic N) is 4. The first kappa shape index (κ1) is 23.5. The first-order valence-corrected chi connectivity index (χ1v) is 11.6. The van der Waals surface area contributed by atoms with E-state index in [2.05, 4.69) is 26.8 Å². The molecule has 4 aromatic rings. The summed E-state index contributed by atoms with van der Waals surface area (Å²) in [5, 5.41) is 19.9. The monoisotopic (exact) mass is 486 g/mol. The molecule has 2 aromatic heterocycles. The number of fused-ring (bicyclic) bond motifs is 1. The fourth-order valence-corrected chi connectivity index (χ4v) is 4.32. The molecule has 2 aromatic carbocycles. The number of aromatic nitrogens is 3. The summed E-state index contributed by atoms with van der Waals surface area (Å²) in [5.74, 6) is -0.866. The molecule has 2 N–H and O–H groups in total. The van der Waals surface area contributed by atoms with Crippen LogP contribution in [0.2, 0.25) is 0 Å².